The molecule has 0 atom stereocenters. The Kier molecular flexibility index (Phi) is 4.68. The lowest BCUT2D eigenvalue weighted by atomic mass is 10.2. The molecule has 0 saturated carbocycles. The van der Waals surface area contributed by atoms with Crippen LogP contribution in [0.3, 0.4) is 0 Å². The minimum absolute atomic E-state index is 0.0576. The second-order valence-electron chi connectivity index (χ2n) is 4.34. The van der Waals surface area contributed by atoms with Crippen LogP contribution in [0.5, 0.6) is 5.75 Å². The molecule has 2 aromatic rings. The zero-order chi connectivity index (χ0) is 14.4. The summed E-state index contributed by atoms with van der Waals surface area (Å²) >= 11 is 0. The van der Waals surface area contributed by atoms with Crippen molar-refractivity contribution in [2.45, 2.75) is 13.5 Å². The van der Waals surface area contributed by atoms with Crippen LogP contribution in [-0.4, -0.2) is 17.5 Å². The lowest BCUT2D eigenvalue weighted by Crippen LogP contribution is -2.20. The predicted octanol–water partition coefficient (Wildman–Crippen LogP) is 1.87. The number of anilines is 1. The average Bonchev–Trinajstić information content (AvgIpc) is 2.48. The van der Waals surface area contributed by atoms with E-state index in [1.54, 1.807) is 18.3 Å². The van der Waals surface area contributed by atoms with E-state index in [-0.39, 0.29) is 12.5 Å². The van der Waals surface area contributed by atoms with E-state index in [1.165, 1.54) is 0 Å². The first-order valence-electron chi connectivity index (χ1n) is 6.32. The summed E-state index contributed by atoms with van der Waals surface area (Å²) in [6.07, 6.45) is 1.56. The van der Waals surface area contributed by atoms with E-state index >= 15 is 0 Å². The van der Waals surface area contributed by atoms with Crippen LogP contribution in [0, 0.1) is 6.92 Å². The molecule has 1 heterocycles. The Labute approximate surface area is 117 Å². The Bertz CT molecular complexity index is 582. The number of para-hydroxylation sites is 1. The lowest BCUT2D eigenvalue weighted by molar-refractivity contribution is -0.118. The van der Waals surface area contributed by atoms with Crippen molar-refractivity contribution < 1.29 is 9.53 Å². The number of hydrogen-bond donors (Lipinski definition) is 2. The van der Waals surface area contributed by atoms with Gasteiger partial charge in [-0.05, 0) is 30.7 Å². The van der Waals surface area contributed by atoms with Gasteiger partial charge in [0, 0.05) is 12.2 Å². The molecule has 5 nitrogen and oxygen atoms in total. The Morgan fingerprint density at radius 2 is 2.10 bits per heavy atom. The van der Waals surface area contributed by atoms with Gasteiger partial charge in [-0.25, -0.2) is 0 Å². The van der Waals surface area contributed by atoms with Gasteiger partial charge in [-0.2, -0.15) is 0 Å². The van der Waals surface area contributed by atoms with Gasteiger partial charge in [-0.15, -0.1) is 0 Å². The van der Waals surface area contributed by atoms with Gasteiger partial charge in [0.05, 0.1) is 11.9 Å². The molecule has 0 aliphatic heterocycles. The second kappa shape index (κ2) is 6.68. The van der Waals surface area contributed by atoms with Gasteiger partial charge in [0.15, 0.2) is 6.61 Å². The largest absolute Gasteiger partial charge is 0.482 e. The van der Waals surface area contributed by atoms with Gasteiger partial charge in [-0.1, -0.05) is 18.2 Å². The Balaban J connectivity index is 1.87. The molecule has 0 spiro atoms. The zero-order valence-electron chi connectivity index (χ0n) is 11.3. The smallest absolute Gasteiger partial charge is 0.262 e. The van der Waals surface area contributed by atoms with E-state index in [0.29, 0.717) is 12.3 Å². The molecule has 1 aromatic heterocycles. The summed E-state index contributed by atoms with van der Waals surface area (Å²) in [7, 11) is 0. The maximum Gasteiger partial charge on any atom is 0.262 e. The standard InChI is InChI=1S/C15H17N3O2/c1-11-4-2-3-5-14(11)18-15(19)10-20-13-7-6-12(8-16)17-9-13/h2-7,9H,8,10,16H2,1H3,(H,18,19). The molecule has 1 aromatic carbocycles. The van der Waals surface area contributed by atoms with Crippen molar-refractivity contribution >= 4 is 11.6 Å². The van der Waals surface area contributed by atoms with Crippen LogP contribution in [0.4, 0.5) is 5.69 Å². The van der Waals surface area contributed by atoms with Crippen molar-refractivity contribution in [3.05, 3.63) is 53.9 Å². The van der Waals surface area contributed by atoms with Gasteiger partial charge in [0.2, 0.25) is 0 Å². The molecule has 0 bridgehead atoms. The van der Waals surface area contributed by atoms with Crippen LogP contribution < -0.4 is 15.8 Å². The molecule has 5 heteroatoms. The van der Waals surface area contributed by atoms with Gasteiger partial charge in [0.1, 0.15) is 5.75 Å². The van der Waals surface area contributed by atoms with Gasteiger partial charge < -0.3 is 15.8 Å². The maximum atomic E-state index is 11.8. The summed E-state index contributed by atoms with van der Waals surface area (Å²) < 4.78 is 5.36. The topological polar surface area (TPSA) is 77.2 Å². The van der Waals surface area contributed by atoms with E-state index in [9.17, 15) is 4.79 Å². The molecule has 0 radical (unpaired) electrons. The molecule has 0 fully saturated rings. The van der Waals surface area contributed by atoms with E-state index in [2.05, 4.69) is 10.3 Å². The first-order valence-corrected chi connectivity index (χ1v) is 6.32. The van der Waals surface area contributed by atoms with Crippen LogP contribution >= 0.6 is 0 Å². The molecule has 0 aliphatic rings. The second-order valence-corrected chi connectivity index (χ2v) is 4.34. The first-order chi connectivity index (χ1) is 9.69. The van der Waals surface area contributed by atoms with Crippen molar-refractivity contribution in [3.63, 3.8) is 0 Å². The number of rotatable bonds is 5. The van der Waals surface area contributed by atoms with Crippen molar-refractivity contribution in [3.8, 4) is 5.75 Å². The fraction of sp³-hybridized carbons (Fsp3) is 0.200. The number of nitrogens with two attached hydrogens (primary N) is 1. The summed E-state index contributed by atoms with van der Waals surface area (Å²) in [5, 5.41) is 2.80. The predicted molar refractivity (Wildman–Crippen MR) is 77.4 cm³/mol. The van der Waals surface area contributed by atoms with Crippen LogP contribution in [0.1, 0.15) is 11.3 Å². The Morgan fingerprint density at radius 1 is 1.30 bits per heavy atom. The average molecular weight is 271 g/mol. The third-order valence-electron chi connectivity index (χ3n) is 2.80. The van der Waals surface area contributed by atoms with Crippen molar-refractivity contribution in [2.75, 3.05) is 11.9 Å². The minimum Gasteiger partial charge on any atom is -0.482 e. The molecular weight excluding hydrogens is 254 g/mol. The van der Waals surface area contributed by atoms with Crippen molar-refractivity contribution in [2.24, 2.45) is 5.73 Å². The van der Waals surface area contributed by atoms with Crippen molar-refractivity contribution in [1.29, 1.82) is 0 Å². The molecule has 0 aliphatic carbocycles. The number of pyridine rings is 1. The monoisotopic (exact) mass is 271 g/mol. The highest BCUT2D eigenvalue weighted by molar-refractivity contribution is 5.92. The van der Waals surface area contributed by atoms with E-state index in [0.717, 1.165) is 16.9 Å². The highest BCUT2D eigenvalue weighted by Gasteiger charge is 2.05. The van der Waals surface area contributed by atoms with E-state index in [1.807, 2.05) is 31.2 Å². The number of aryl methyl sites for hydroxylation is 1. The lowest BCUT2D eigenvalue weighted by Gasteiger charge is -2.09. The quantitative estimate of drug-likeness (QED) is 0.870. The highest BCUT2D eigenvalue weighted by Crippen LogP contribution is 2.13. The van der Waals surface area contributed by atoms with Crippen LogP contribution in [0.2, 0.25) is 0 Å². The number of aromatic nitrogens is 1. The number of ether oxygens (including phenoxy) is 1. The summed E-state index contributed by atoms with van der Waals surface area (Å²) in [5.74, 6) is 0.337. The summed E-state index contributed by atoms with van der Waals surface area (Å²) in [5.41, 5.74) is 8.03. The van der Waals surface area contributed by atoms with Crippen LogP contribution in [0.25, 0.3) is 0 Å². The molecular formula is C15H17N3O2. The maximum absolute atomic E-state index is 11.8. The third-order valence-corrected chi connectivity index (χ3v) is 2.80. The summed E-state index contributed by atoms with van der Waals surface area (Å²) in [4.78, 5) is 15.9. The summed E-state index contributed by atoms with van der Waals surface area (Å²) in [6.45, 7) is 2.26. The van der Waals surface area contributed by atoms with E-state index < -0.39 is 0 Å². The summed E-state index contributed by atoms with van der Waals surface area (Å²) in [6, 6.07) is 11.1. The Hall–Kier alpha value is -2.40. The SMILES string of the molecule is Cc1ccccc1NC(=O)COc1ccc(CN)nc1. The zero-order valence-corrected chi connectivity index (χ0v) is 11.3. The Morgan fingerprint density at radius 3 is 2.75 bits per heavy atom. The molecule has 1 amide bonds. The van der Waals surface area contributed by atoms with E-state index in [4.69, 9.17) is 10.5 Å². The first kappa shape index (κ1) is 14.0. The number of nitrogens with zero attached hydrogens (tertiary/aromatic N) is 1. The van der Waals surface area contributed by atoms with Gasteiger partial charge in [0.25, 0.3) is 5.91 Å². The minimum atomic E-state index is -0.206. The molecule has 0 saturated heterocycles. The molecule has 20 heavy (non-hydrogen) atoms. The number of hydrogen-bond acceptors (Lipinski definition) is 4. The molecule has 0 unspecified atom stereocenters. The number of carbonyl (C=O) groups excluding carboxylic acids is 1. The van der Waals surface area contributed by atoms with Crippen LogP contribution in [-0.2, 0) is 11.3 Å². The molecule has 2 rings (SSSR count). The fourth-order valence-electron chi connectivity index (χ4n) is 1.67. The fourth-order valence-corrected chi connectivity index (χ4v) is 1.67. The number of amides is 1. The molecule has 3 N–H and O–H groups in total. The third kappa shape index (κ3) is 3.80. The number of carbonyl (C=O) groups is 1. The highest BCUT2D eigenvalue weighted by atomic mass is 16.5. The normalized spacial score (nSPS) is 10.1. The van der Waals surface area contributed by atoms with Crippen molar-refractivity contribution in [1.82, 2.24) is 4.98 Å². The molecule has 104 valence electrons. The van der Waals surface area contributed by atoms with Gasteiger partial charge >= 0.3 is 0 Å². The number of nitrogens with one attached hydrogen (secondary N) is 1. The number of benzene rings is 1. The van der Waals surface area contributed by atoms with Gasteiger partial charge in [-0.3, -0.25) is 9.78 Å². The van der Waals surface area contributed by atoms with Crippen LogP contribution in [0.15, 0.2) is 42.6 Å².